The van der Waals surface area contributed by atoms with Crippen LogP contribution in [0.3, 0.4) is 0 Å². The van der Waals surface area contributed by atoms with Crippen molar-refractivity contribution in [2.75, 3.05) is 44.6 Å². The van der Waals surface area contributed by atoms with Crippen molar-refractivity contribution < 1.29 is 37.8 Å². The van der Waals surface area contributed by atoms with Gasteiger partial charge < -0.3 is 32.8 Å². The van der Waals surface area contributed by atoms with E-state index in [1.54, 1.807) is 13.8 Å². The summed E-state index contributed by atoms with van der Waals surface area (Å²) in [6.07, 6.45) is 18.1. The summed E-state index contributed by atoms with van der Waals surface area (Å²) in [6.45, 7) is 14.4. The van der Waals surface area contributed by atoms with E-state index >= 15 is 0 Å². The van der Waals surface area contributed by atoms with Gasteiger partial charge in [-0.15, -0.1) is 0 Å². The van der Waals surface area contributed by atoms with Crippen molar-refractivity contribution in [3.63, 3.8) is 0 Å². The number of hydrogen-bond donors (Lipinski definition) is 2. The Morgan fingerprint density at radius 1 is 0.918 bits per heavy atom. The molecule has 0 aromatic carbocycles. The van der Waals surface area contributed by atoms with Crippen LogP contribution in [0, 0.1) is 6.57 Å². The lowest BCUT2D eigenvalue weighted by Crippen LogP contribution is -2.34. The van der Waals surface area contributed by atoms with Crippen molar-refractivity contribution in [3.8, 4) is 0 Å². The summed E-state index contributed by atoms with van der Waals surface area (Å²) in [5.74, 6) is -0.945. The van der Waals surface area contributed by atoms with Gasteiger partial charge in [0.25, 0.3) is 0 Å². The molecule has 5 atom stereocenters. The second kappa shape index (κ2) is 22.8. The van der Waals surface area contributed by atoms with Gasteiger partial charge in [-0.1, -0.05) is 90.4 Å². The van der Waals surface area contributed by atoms with Crippen LogP contribution in [0.5, 0.6) is 0 Å². The zero-order chi connectivity index (χ0) is 35.4. The van der Waals surface area contributed by atoms with E-state index in [0.29, 0.717) is 26.1 Å². The predicted octanol–water partition coefficient (Wildman–Crippen LogP) is 7.89. The molecule has 0 radical (unpaired) electrons. The average molecular weight is 713 g/mol. The first-order valence-corrected chi connectivity index (χ1v) is 20.2. The molecule has 0 spiro atoms. The quantitative estimate of drug-likeness (QED) is 0.0379. The molecule has 2 unspecified atom stereocenters. The first-order valence-electron chi connectivity index (χ1n) is 18.5. The van der Waals surface area contributed by atoms with Crippen LogP contribution in [0.1, 0.15) is 130 Å². The maximum atomic E-state index is 13.7. The molecule has 2 aliphatic rings. The van der Waals surface area contributed by atoms with E-state index in [2.05, 4.69) is 16.8 Å². The first-order chi connectivity index (χ1) is 23.7. The number of anilines is 1. The van der Waals surface area contributed by atoms with Crippen LogP contribution in [0.15, 0.2) is 17.1 Å². The molecule has 0 aliphatic carbocycles. The number of hydrogen-bond acceptors (Lipinski definition) is 11. The van der Waals surface area contributed by atoms with Crippen LogP contribution >= 0.6 is 7.60 Å². The van der Waals surface area contributed by atoms with Gasteiger partial charge in [0.1, 0.15) is 18.3 Å². The largest absolute Gasteiger partial charge is 0.381 e. The molecular formula is C35H61N4O9P. The van der Waals surface area contributed by atoms with Gasteiger partial charge in [-0.25, -0.2) is 11.4 Å². The van der Waals surface area contributed by atoms with E-state index < -0.39 is 43.6 Å². The zero-order valence-electron chi connectivity index (χ0n) is 30.0. The fourth-order valence-corrected chi connectivity index (χ4v) is 7.89. The fourth-order valence-electron chi connectivity index (χ4n) is 6.25. The van der Waals surface area contributed by atoms with Crippen LogP contribution in [-0.4, -0.2) is 78.0 Å². The summed E-state index contributed by atoms with van der Waals surface area (Å²) >= 11 is 0. The Labute approximate surface area is 293 Å². The molecular weight excluding hydrogens is 651 g/mol. The number of unbranched alkanes of at least 4 members (excludes halogenated alkanes) is 13. The van der Waals surface area contributed by atoms with Crippen LogP contribution in [0.4, 0.5) is 5.82 Å². The second-order valence-corrected chi connectivity index (χ2v) is 15.7. The molecule has 3 rings (SSSR count). The third-order valence-corrected chi connectivity index (χ3v) is 10.8. The minimum Gasteiger partial charge on any atom is -0.381 e. The second-order valence-electron chi connectivity index (χ2n) is 13.5. The summed E-state index contributed by atoms with van der Waals surface area (Å²) in [5.41, 5.74) is 1.20. The van der Waals surface area contributed by atoms with Crippen molar-refractivity contribution in [1.82, 2.24) is 9.55 Å². The van der Waals surface area contributed by atoms with Crippen molar-refractivity contribution in [3.05, 3.63) is 34.2 Å². The van der Waals surface area contributed by atoms with Crippen molar-refractivity contribution in [2.45, 2.75) is 154 Å². The van der Waals surface area contributed by atoms with Crippen molar-refractivity contribution in [1.29, 1.82) is 0 Å². The van der Waals surface area contributed by atoms with Gasteiger partial charge in [0.05, 0.1) is 19.4 Å². The Balaban J connectivity index is 1.33. The highest BCUT2D eigenvalue weighted by Crippen LogP contribution is 2.51. The molecule has 13 nitrogen and oxygen atoms in total. The van der Waals surface area contributed by atoms with E-state index in [9.17, 15) is 9.36 Å². The lowest BCUT2D eigenvalue weighted by Gasteiger charge is -2.26. The molecule has 2 saturated heterocycles. The molecule has 14 heteroatoms. The highest BCUT2D eigenvalue weighted by atomic mass is 31.2. The van der Waals surface area contributed by atoms with Crippen LogP contribution in [-0.2, 0) is 32.6 Å². The van der Waals surface area contributed by atoms with E-state index in [1.165, 1.54) is 100 Å². The Kier molecular flexibility index (Phi) is 19.4. The maximum absolute atomic E-state index is 13.7. The zero-order valence-corrected chi connectivity index (χ0v) is 30.9. The number of aromatic nitrogens is 2. The summed E-state index contributed by atoms with van der Waals surface area (Å²) in [4.78, 5) is 19.8. The third-order valence-electron chi connectivity index (χ3n) is 8.84. The molecule has 0 saturated carbocycles. The third kappa shape index (κ3) is 15.1. The van der Waals surface area contributed by atoms with Gasteiger partial charge >= 0.3 is 13.3 Å². The Bertz CT molecular complexity index is 1210. The van der Waals surface area contributed by atoms with E-state index in [0.717, 1.165) is 6.42 Å². The number of rotatable bonds is 28. The summed E-state index contributed by atoms with van der Waals surface area (Å²) in [6, 6.07) is 1.42. The topological polar surface area (TPSA) is 144 Å². The molecule has 1 aromatic heterocycles. The lowest BCUT2D eigenvalue weighted by atomic mass is 10.0. The molecule has 1 aromatic rings. The van der Waals surface area contributed by atoms with Crippen molar-refractivity contribution >= 4 is 13.4 Å². The number of nitrogens with zero attached hydrogens (tertiary/aromatic N) is 3. The van der Waals surface area contributed by atoms with Gasteiger partial charge in [0, 0.05) is 25.8 Å². The van der Waals surface area contributed by atoms with Gasteiger partial charge in [0.2, 0.25) is 6.54 Å². The minimum atomic E-state index is -3.57. The average Bonchev–Trinajstić information content (AvgIpc) is 3.57. The van der Waals surface area contributed by atoms with E-state index in [4.69, 9.17) is 39.8 Å². The van der Waals surface area contributed by atoms with Crippen LogP contribution in [0.2, 0.25) is 0 Å². The Hall–Kier alpha value is -1.88. The molecule has 2 N–H and O–H groups in total. The SMILES string of the molecule is [C-]#[N+]CCCP(=O)(OCCCOCCCCCCCCCCCCCCCC)OC[C@H]1O[C@@H](n2ccc(NO)nc2=O)C2OC(C)(C)O[C@H]21. The van der Waals surface area contributed by atoms with E-state index in [-0.39, 0.29) is 31.7 Å². The summed E-state index contributed by atoms with van der Waals surface area (Å²) in [7, 11) is -3.57. The molecule has 0 amide bonds. The fraction of sp³-hybridized carbons (Fsp3) is 0.857. The number of ether oxygens (including phenoxy) is 4. The lowest BCUT2D eigenvalue weighted by molar-refractivity contribution is -0.200. The Morgan fingerprint density at radius 3 is 2.14 bits per heavy atom. The molecule has 280 valence electrons. The van der Waals surface area contributed by atoms with Gasteiger partial charge in [-0.2, -0.15) is 4.98 Å². The van der Waals surface area contributed by atoms with Crippen molar-refractivity contribution in [2.24, 2.45) is 0 Å². The van der Waals surface area contributed by atoms with Gasteiger partial charge in [-0.3, -0.25) is 19.8 Å². The van der Waals surface area contributed by atoms with Gasteiger partial charge in [-0.05, 0) is 32.8 Å². The smallest absolute Gasteiger partial charge is 0.351 e. The first kappa shape index (κ1) is 41.5. The maximum Gasteiger partial charge on any atom is 0.351 e. The van der Waals surface area contributed by atoms with Gasteiger partial charge in [0.15, 0.2) is 17.8 Å². The highest BCUT2D eigenvalue weighted by molar-refractivity contribution is 7.53. The molecule has 0 bridgehead atoms. The minimum absolute atomic E-state index is 0.00249. The predicted molar refractivity (Wildman–Crippen MR) is 188 cm³/mol. The Morgan fingerprint density at radius 2 is 1.53 bits per heavy atom. The molecule has 2 fully saturated rings. The normalized spacial score (nSPS) is 22.5. The molecule has 2 aliphatic heterocycles. The summed E-state index contributed by atoms with van der Waals surface area (Å²) in [5, 5.41) is 9.09. The van der Waals surface area contributed by atoms with Crippen LogP contribution < -0.4 is 11.2 Å². The highest BCUT2D eigenvalue weighted by Gasteiger charge is 2.56. The number of fused-ring (bicyclic) bond motifs is 1. The number of nitrogens with one attached hydrogen (secondary N) is 1. The monoisotopic (exact) mass is 712 g/mol. The molecule has 3 heterocycles. The standard InChI is InChI=1S/C35H61N4O9P/c1-5-6-7-8-9-10-11-12-13-14-15-16-17-18-24-43-25-20-26-44-49(42,27-19-22-36-4)45-28-29-31-32(48-35(2,3)47-31)33(46-29)39-23-21-30(38-41)37-34(39)40/h21,23,29,31-33,41H,5-20,22,24-28H2,1-3H3,(H,37,38,40)/t29-,31+,32?,33-,49?/m1/s1. The van der Waals surface area contributed by atoms with E-state index in [1.807, 2.05) is 5.48 Å². The summed E-state index contributed by atoms with van der Waals surface area (Å²) < 4.78 is 50.8. The molecule has 49 heavy (non-hydrogen) atoms. The van der Waals surface area contributed by atoms with Crippen LogP contribution in [0.25, 0.3) is 4.85 Å².